The summed E-state index contributed by atoms with van der Waals surface area (Å²) in [5, 5.41) is 0. The van der Waals surface area contributed by atoms with Gasteiger partial charge in [-0.15, -0.1) is 0 Å². The number of carbonyl (C=O) groups is 1. The number of ether oxygens (including phenoxy) is 1. The van der Waals surface area contributed by atoms with E-state index in [-0.39, 0.29) is 5.97 Å². The SMILES string of the molecule is CC(=O)Oc1cc(C)ccc1N. The summed E-state index contributed by atoms with van der Waals surface area (Å²) in [5.41, 5.74) is 7.06. The number of carbonyl (C=O) groups excluding carboxylic acids is 1. The quantitative estimate of drug-likeness (QED) is 0.390. The lowest BCUT2D eigenvalue weighted by molar-refractivity contribution is -0.131. The van der Waals surface area contributed by atoms with Crippen LogP contribution < -0.4 is 10.5 Å². The van der Waals surface area contributed by atoms with Crippen molar-refractivity contribution in [1.82, 2.24) is 0 Å². The van der Waals surface area contributed by atoms with Gasteiger partial charge in [-0.05, 0) is 24.6 Å². The highest BCUT2D eigenvalue weighted by Gasteiger charge is 2.02. The number of nitrogens with two attached hydrogens (primary N) is 1. The second-order valence-corrected chi connectivity index (χ2v) is 2.63. The highest BCUT2D eigenvalue weighted by atomic mass is 16.5. The Morgan fingerprint density at radius 1 is 1.50 bits per heavy atom. The van der Waals surface area contributed by atoms with Gasteiger partial charge in [0.2, 0.25) is 0 Å². The maximum absolute atomic E-state index is 10.6. The van der Waals surface area contributed by atoms with E-state index in [2.05, 4.69) is 0 Å². The molecule has 1 aromatic rings. The van der Waals surface area contributed by atoms with Gasteiger partial charge in [-0.3, -0.25) is 4.79 Å². The molecule has 0 fully saturated rings. The minimum Gasteiger partial charge on any atom is -0.425 e. The van der Waals surface area contributed by atoms with Crippen molar-refractivity contribution >= 4 is 11.7 Å². The molecule has 1 rings (SSSR count). The molecule has 0 aromatic heterocycles. The maximum atomic E-state index is 10.6. The van der Waals surface area contributed by atoms with Gasteiger partial charge in [0.25, 0.3) is 0 Å². The first-order valence-corrected chi connectivity index (χ1v) is 3.64. The minimum atomic E-state index is -0.354. The first kappa shape index (κ1) is 8.59. The van der Waals surface area contributed by atoms with E-state index in [9.17, 15) is 4.79 Å². The molecule has 0 aliphatic heterocycles. The lowest BCUT2D eigenvalue weighted by Gasteiger charge is -2.04. The monoisotopic (exact) mass is 165 g/mol. The van der Waals surface area contributed by atoms with E-state index in [1.165, 1.54) is 6.92 Å². The molecule has 0 aliphatic carbocycles. The number of aryl methyl sites for hydroxylation is 1. The molecule has 0 saturated carbocycles. The number of rotatable bonds is 1. The minimum absolute atomic E-state index is 0.354. The van der Waals surface area contributed by atoms with Crippen molar-refractivity contribution in [2.45, 2.75) is 13.8 Å². The summed E-state index contributed by atoms with van der Waals surface area (Å²) in [6.07, 6.45) is 0. The van der Waals surface area contributed by atoms with Gasteiger partial charge in [-0.2, -0.15) is 0 Å². The highest BCUT2D eigenvalue weighted by Crippen LogP contribution is 2.22. The molecule has 0 spiro atoms. The summed E-state index contributed by atoms with van der Waals surface area (Å²) < 4.78 is 4.86. The first-order valence-electron chi connectivity index (χ1n) is 3.64. The Balaban J connectivity index is 2.97. The maximum Gasteiger partial charge on any atom is 0.308 e. The number of anilines is 1. The lowest BCUT2D eigenvalue weighted by Crippen LogP contribution is -2.03. The molecule has 0 saturated heterocycles. The van der Waals surface area contributed by atoms with Crippen molar-refractivity contribution in [1.29, 1.82) is 0 Å². The van der Waals surface area contributed by atoms with Crippen LogP contribution in [0.1, 0.15) is 12.5 Å². The van der Waals surface area contributed by atoms with E-state index in [0.29, 0.717) is 11.4 Å². The zero-order valence-electron chi connectivity index (χ0n) is 7.13. The van der Waals surface area contributed by atoms with Crippen molar-refractivity contribution in [3.8, 4) is 5.75 Å². The van der Waals surface area contributed by atoms with Crippen LogP contribution in [-0.4, -0.2) is 5.97 Å². The van der Waals surface area contributed by atoms with Crippen LogP contribution in [0.25, 0.3) is 0 Å². The molecule has 1 aromatic carbocycles. The fourth-order valence-corrected chi connectivity index (χ4v) is 0.885. The van der Waals surface area contributed by atoms with E-state index >= 15 is 0 Å². The summed E-state index contributed by atoms with van der Waals surface area (Å²) in [6, 6.07) is 5.31. The average molecular weight is 165 g/mol. The number of esters is 1. The number of nitrogen functional groups attached to an aromatic ring is 1. The predicted molar refractivity (Wildman–Crippen MR) is 46.9 cm³/mol. The topological polar surface area (TPSA) is 52.3 Å². The summed E-state index contributed by atoms with van der Waals surface area (Å²) in [6.45, 7) is 3.26. The van der Waals surface area contributed by atoms with E-state index in [4.69, 9.17) is 10.5 Å². The van der Waals surface area contributed by atoms with Gasteiger partial charge in [0.15, 0.2) is 5.75 Å². The van der Waals surface area contributed by atoms with Crippen LogP contribution >= 0.6 is 0 Å². The van der Waals surface area contributed by atoms with Crippen LogP contribution in [-0.2, 0) is 4.79 Å². The summed E-state index contributed by atoms with van der Waals surface area (Å²) in [7, 11) is 0. The number of hydrogen-bond acceptors (Lipinski definition) is 3. The third-order valence-corrected chi connectivity index (χ3v) is 1.42. The molecule has 0 unspecified atom stereocenters. The molecule has 64 valence electrons. The molecule has 0 amide bonds. The van der Waals surface area contributed by atoms with Crippen molar-refractivity contribution < 1.29 is 9.53 Å². The largest absolute Gasteiger partial charge is 0.425 e. The molecule has 0 heterocycles. The molecule has 3 nitrogen and oxygen atoms in total. The van der Waals surface area contributed by atoms with Crippen LogP contribution in [0, 0.1) is 6.92 Å². The number of benzene rings is 1. The number of hydrogen-bond donors (Lipinski definition) is 1. The average Bonchev–Trinajstić information content (AvgIpc) is 1.96. The third-order valence-electron chi connectivity index (χ3n) is 1.42. The molecule has 0 radical (unpaired) electrons. The van der Waals surface area contributed by atoms with Crippen LogP contribution in [0.5, 0.6) is 5.75 Å². The van der Waals surface area contributed by atoms with Crippen molar-refractivity contribution in [3.63, 3.8) is 0 Å². The summed E-state index contributed by atoms with van der Waals surface area (Å²) in [4.78, 5) is 10.6. The second-order valence-electron chi connectivity index (χ2n) is 2.63. The zero-order valence-corrected chi connectivity index (χ0v) is 7.13. The van der Waals surface area contributed by atoms with Crippen molar-refractivity contribution in [3.05, 3.63) is 23.8 Å². The Hall–Kier alpha value is -1.51. The third kappa shape index (κ3) is 1.99. The molecule has 0 bridgehead atoms. The van der Waals surface area contributed by atoms with Crippen LogP contribution in [0.2, 0.25) is 0 Å². The van der Waals surface area contributed by atoms with E-state index < -0.39 is 0 Å². The van der Waals surface area contributed by atoms with Gasteiger partial charge in [0, 0.05) is 6.92 Å². The highest BCUT2D eigenvalue weighted by molar-refractivity contribution is 5.72. The van der Waals surface area contributed by atoms with Gasteiger partial charge < -0.3 is 10.5 Å². The molecule has 3 heteroatoms. The van der Waals surface area contributed by atoms with Crippen LogP contribution in [0.3, 0.4) is 0 Å². The molecular formula is C9H11NO2. The lowest BCUT2D eigenvalue weighted by atomic mass is 10.2. The Morgan fingerprint density at radius 3 is 2.75 bits per heavy atom. The first-order chi connectivity index (χ1) is 5.59. The second kappa shape index (κ2) is 3.26. The normalized spacial score (nSPS) is 9.50. The van der Waals surface area contributed by atoms with Crippen LogP contribution in [0.15, 0.2) is 18.2 Å². The zero-order chi connectivity index (χ0) is 9.14. The molecule has 0 atom stereocenters. The Bertz CT molecular complexity index is 307. The molecule has 0 aliphatic rings. The Morgan fingerprint density at radius 2 is 2.17 bits per heavy atom. The summed E-state index contributed by atoms with van der Waals surface area (Å²) >= 11 is 0. The van der Waals surface area contributed by atoms with Gasteiger partial charge >= 0.3 is 5.97 Å². The molecule has 12 heavy (non-hydrogen) atoms. The fraction of sp³-hybridized carbons (Fsp3) is 0.222. The van der Waals surface area contributed by atoms with Gasteiger partial charge in [-0.1, -0.05) is 6.07 Å². The van der Waals surface area contributed by atoms with E-state index in [0.717, 1.165) is 5.56 Å². The predicted octanol–water partition coefficient (Wildman–Crippen LogP) is 1.50. The standard InChI is InChI=1S/C9H11NO2/c1-6-3-4-8(10)9(5-6)12-7(2)11/h3-5H,10H2,1-2H3. The van der Waals surface area contributed by atoms with Gasteiger partial charge in [0.05, 0.1) is 5.69 Å². The van der Waals surface area contributed by atoms with Crippen molar-refractivity contribution in [2.24, 2.45) is 0 Å². The van der Waals surface area contributed by atoms with Gasteiger partial charge in [-0.25, -0.2) is 0 Å². The summed E-state index contributed by atoms with van der Waals surface area (Å²) in [5.74, 6) is 0.0785. The van der Waals surface area contributed by atoms with E-state index in [1.54, 1.807) is 12.1 Å². The van der Waals surface area contributed by atoms with E-state index in [1.807, 2.05) is 13.0 Å². The van der Waals surface area contributed by atoms with Crippen LogP contribution in [0.4, 0.5) is 5.69 Å². The van der Waals surface area contributed by atoms with Crippen molar-refractivity contribution in [2.75, 3.05) is 5.73 Å². The van der Waals surface area contributed by atoms with Gasteiger partial charge in [0.1, 0.15) is 0 Å². The Kier molecular flexibility index (Phi) is 2.33. The smallest absolute Gasteiger partial charge is 0.308 e. The fourth-order valence-electron chi connectivity index (χ4n) is 0.885. The molecule has 2 N–H and O–H groups in total. The molecular weight excluding hydrogens is 154 g/mol. The Labute approximate surface area is 71.1 Å².